The molecule has 1 spiro atoms. The molecule has 94 valence electrons. The molecule has 0 atom stereocenters. The van der Waals surface area contributed by atoms with Crippen LogP contribution in [0.15, 0.2) is 29.4 Å². The molecule has 1 N–H and O–H groups in total. The van der Waals surface area contributed by atoms with Gasteiger partial charge in [0.2, 0.25) is 0 Å². The van der Waals surface area contributed by atoms with E-state index in [2.05, 4.69) is 10.3 Å². The number of nitrogens with zero attached hydrogens (tertiary/aromatic N) is 1. The molecule has 1 aromatic heterocycles. The molecule has 1 aliphatic heterocycles. The molecule has 0 radical (unpaired) electrons. The molecule has 4 heteroatoms. The lowest BCUT2D eigenvalue weighted by atomic mass is 9.95. The van der Waals surface area contributed by atoms with Crippen LogP contribution in [0.5, 0.6) is 0 Å². The van der Waals surface area contributed by atoms with E-state index in [1.807, 2.05) is 18.2 Å². The van der Waals surface area contributed by atoms with Gasteiger partial charge in [-0.1, -0.05) is 31.0 Å². The van der Waals surface area contributed by atoms with E-state index in [0.29, 0.717) is 0 Å². The number of hydrogen-bond donors (Lipinski definition) is 1. The molecular formula is C14H16N2OS. The minimum Gasteiger partial charge on any atom is -0.337 e. The largest absolute Gasteiger partial charge is 0.337 e. The second kappa shape index (κ2) is 4.76. The quantitative estimate of drug-likeness (QED) is 0.789. The number of pyridine rings is 1. The van der Waals surface area contributed by atoms with Gasteiger partial charge in [-0.25, -0.2) is 0 Å². The lowest BCUT2D eigenvalue weighted by molar-refractivity contribution is -0.117. The van der Waals surface area contributed by atoms with Crippen LogP contribution in [0.25, 0.3) is 6.08 Å². The molecule has 1 saturated heterocycles. The SMILES string of the molecule is O=C1NC2(CCCCC2)S/C1=C/c1ccncc1. The van der Waals surface area contributed by atoms with Gasteiger partial charge in [0.1, 0.15) is 0 Å². The normalized spacial score (nSPS) is 24.4. The molecule has 2 aliphatic rings. The van der Waals surface area contributed by atoms with Crippen molar-refractivity contribution < 1.29 is 4.79 Å². The Balaban J connectivity index is 1.82. The highest BCUT2D eigenvalue weighted by Gasteiger charge is 2.42. The van der Waals surface area contributed by atoms with E-state index in [1.54, 1.807) is 24.2 Å². The van der Waals surface area contributed by atoms with Crippen LogP contribution in [-0.2, 0) is 4.79 Å². The number of carbonyl (C=O) groups is 1. The van der Waals surface area contributed by atoms with Gasteiger partial charge in [0.05, 0.1) is 9.78 Å². The zero-order chi connectivity index (χ0) is 12.4. The van der Waals surface area contributed by atoms with Crippen molar-refractivity contribution in [2.45, 2.75) is 37.0 Å². The number of amides is 1. The van der Waals surface area contributed by atoms with Crippen LogP contribution in [0.4, 0.5) is 0 Å². The maximum absolute atomic E-state index is 12.0. The summed E-state index contributed by atoms with van der Waals surface area (Å²) in [4.78, 5) is 16.8. The first-order valence-electron chi connectivity index (χ1n) is 6.41. The fraction of sp³-hybridized carbons (Fsp3) is 0.429. The molecule has 2 fully saturated rings. The smallest absolute Gasteiger partial charge is 0.258 e. The van der Waals surface area contributed by atoms with Crippen molar-refractivity contribution in [2.24, 2.45) is 0 Å². The maximum Gasteiger partial charge on any atom is 0.258 e. The first-order valence-corrected chi connectivity index (χ1v) is 7.22. The molecule has 3 rings (SSSR count). The molecule has 3 nitrogen and oxygen atoms in total. The Morgan fingerprint density at radius 2 is 1.94 bits per heavy atom. The topological polar surface area (TPSA) is 42.0 Å². The predicted molar refractivity (Wildman–Crippen MR) is 73.8 cm³/mol. The van der Waals surface area contributed by atoms with E-state index in [4.69, 9.17) is 0 Å². The number of nitrogens with one attached hydrogen (secondary N) is 1. The molecule has 1 saturated carbocycles. The fourth-order valence-corrected chi connectivity index (χ4v) is 4.00. The number of hydrogen-bond acceptors (Lipinski definition) is 3. The zero-order valence-corrected chi connectivity index (χ0v) is 11.0. The summed E-state index contributed by atoms with van der Waals surface area (Å²) in [5, 5.41) is 3.18. The van der Waals surface area contributed by atoms with Crippen LogP contribution >= 0.6 is 11.8 Å². The van der Waals surface area contributed by atoms with Crippen LogP contribution in [-0.4, -0.2) is 15.8 Å². The van der Waals surface area contributed by atoms with Crippen molar-refractivity contribution in [1.29, 1.82) is 0 Å². The lowest BCUT2D eigenvalue weighted by Crippen LogP contribution is -2.40. The van der Waals surface area contributed by atoms with Gasteiger partial charge in [0, 0.05) is 12.4 Å². The molecule has 1 aromatic rings. The number of rotatable bonds is 1. The minimum atomic E-state index is -0.0196. The first-order chi connectivity index (χ1) is 8.77. The van der Waals surface area contributed by atoms with Crippen molar-refractivity contribution in [2.75, 3.05) is 0 Å². The standard InChI is InChI=1S/C14H16N2OS/c17-13-12(10-11-4-8-15-9-5-11)18-14(16-13)6-2-1-3-7-14/h4-5,8-10H,1-3,6-7H2,(H,16,17)/b12-10+. The average Bonchev–Trinajstić information content (AvgIpc) is 2.68. The number of aromatic nitrogens is 1. The Morgan fingerprint density at radius 1 is 1.22 bits per heavy atom. The van der Waals surface area contributed by atoms with Crippen molar-refractivity contribution in [3.63, 3.8) is 0 Å². The molecule has 0 bridgehead atoms. The molecule has 2 heterocycles. The van der Waals surface area contributed by atoms with Gasteiger partial charge in [0.15, 0.2) is 0 Å². The van der Waals surface area contributed by atoms with Crippen LogP contribution in [0, 0.1) is 0 Å². The van der Waals surface area contributed by atoms with Crippen LogP contribution < -0.4 is 5.32 Å². The van der Waals surface area contributed by atoms with Gasteiger partial charge in [-0.2, -0.15) is 0 Å². The summed E-state index contributed by atoms with van der Waals surface area (Å²) in [5.74, 6) is 0.0821. The monoisotopic (exact) mass is 260 g/mol. The Hall–Kier alpha value is -1.29. The van der Waals surface area contributed by atoms with Gasteiger partial charge in [-0.3, -0.25) is 9.78 Å². The van der Waals surface area contributed by atoms with Crippen molar-refractivity contribution >= 4 is 23.7 Å². The molecule has 18 heavy (non-hydrogen) atoms. The summed E-state index contributed by atoms with van der Waals surface area (Å²) >= 11 is 1.72. The Kier molecular flexibility index (Phi) is 3.12. The first kappa shape index (κ1) is 11.8. The average molecular weight is 260 g/mol. The molecular weight excluding hydrogens is 244 g/mol. The van der Waals surface area contributed by atoms with E-state index in [0.717, 1.165) is 23.3 Å². The summed E-state index contributed by atoms with van der Waals surface area (Å²) < 4.78 is 0. The second-order valence-electron chi connectivity index (χ2n) is 4.90. The van der Waals surface area contributed by atoms with Crippen LogP contribution in [0.3, 0.4) is 0 Å². The van der Waals surface area contributed by atoms with E-state index >= 15 is 0 Å². The minimum absolute atomic E-state index is 0.0196. The highest BCUT2D eigenvalue weighted by atomic mass is 32.2. The van der Waals surface area contributed by atoms with Crippen molar-refractivity contribution in [3.8, 4) is 0 Å². The van der Waals surface area contributed by atoms with Crippen LogP contribution in [0.1, 0.15) is 37.7 Å². The highest BCUT2D eigenvalue weighted by molar-refractivity contribution is 8.06. The summed E-state index contributed by atoms with van der Waals surface area (Å²) in [5.41, 5.74) is 1.04. The Morgan fingerprint density at radius 3 is 2.67 bits per heavy atom. The zero-order valence-electron chi connectivity index (χ0n) is 10.2. The fourth-order valence-electron chi connectivity index (χ4n) is 2.61. The van der Waals surface area contributed by atoms with Crippen LogP contribution in [0.2, 0.25) is 0 Å². The van der Waals surface area contributed by atoms with E-state index in [1.165, 1.54) is 19.3 Å². The summed E-state index contributed by atoms with van der Waals surface area (Å²) in [6, 6.07) is 3.85. The third-order valence-electron chi connectivity index (χ3n) is 3.54. The molecule has 1 aliphatic carbocycles. The number of carbonyl (C=O) groups excluding carboxylic acids is 1. The van der Waals surface area contributed by atoms with Gasteiger partial charge in [-0.05, 0) is 36.6 Å². The molecule has 0 aromatic carbocycles. The third-order valence-corrected chi connectivity index (χ3v) is 4.96. The third kappa shape index (κ3) is 2.29. The van der Waals surface area contributed by atoms with Gasteiger partial charge < -0.3 is 5.32 Å². The maximum atomic E-state index is 12.0. The van der Waals surface area contributed by atoms with Gasteiger partial charge in [0.25, 0.3) is 5.91 Å². The summed E-state index contributed by atoms with van der Waals surface area (Å²) in [7, 11) is 0. The molecule has 0 unspecified atom stereocenters. The Bertz CT molecular complexity index is 478. The van der Waals surface area contributed by atoms with E-state index in [9.17, 15) is 4.79 Å². The van der Waals surface area contributed by atoms with E-state index < -0.39 is 0 Å². The summed E-state index contributed by atoms with van der Waals surface area (Å²) in [6.45, 7) is 0. The van der Waals surface area contributed by atoms with Gasteiger partial charge >= 0.3 is 0 Å². The van der Waals surface area contributed by atoms with Gasteiger partial charge in [-0.15, -0.1) is 0 Å². The highest BCUT2D eigenvalue weighted by Crippen LogP contribution is 2.46. The summed E-state index contributed by atoms with van der Waals surface area (Å²) in [6.07, 6.45) is 11.4. The van der Waals surface area contributed by atoms with E-state index in [-0.39, 0.29) is 10.8 Å². The predicted octanol–water partition coefficient (Wildman–Crippen LogP) is 2.95. The second-order valence-corrected chi connectivity index (χ2v) is 6.33. The van der Waals surface area contributed by atoms with Crippen molar-refractivity contribution in [1.82, 2.24) is 10.3 Å². The Labute approximate surface area is 111 Å². The lowest BCUT2D eigenvalue weighted by Gasteiger charge is -2.31. The number of thioether (sulfide) groups is 1. The van der Waals surface area contributed by atoms with Crippen molar-refractivity contribution in [3.05, 3.63) is 35.0 Å². The molecule has 1 amide bonds.